The second-order valence-corrected chi connectivity index (χ2v) is 8.37. The molecule has 4 nitrogen and oxygen atoms in total. The zero-order valence-electron chi connectivity index (χ0n) is 16.2. The van der Waals surface area contributed by atoms with Crippen LogP contribution in [0.5, 0.6) is 0 Å². The number of Topliss-reactive ketones (excluding diaryl/α,β-unsaturated/α-hetero) is 1. The van der Waals surface area contributed by atoms with E-state index in [4.69, 9.17) is 10.4 Å². The third kappa shape index (κ3) is 3.83. The van der Waals surface area contributed by atoms with Crippen LogP contribution in [-0.4, -0.2) is 15.6 Å². The van der Waals surface area contributed by atoms with E-state index < -0.39 is 0 Å². The molecule has 0 atom stereocenters. The van der Waals surface area contributed by atoms with Crippen molar-refractivity contribution in [3.63, 3.8) is 0 Å². The average Bonchev–Trinajstić information content (AvgIpc) is 3.60. The zero-order chi connectivity index (χ0) is 19.0. The van der Waals surface area contributed by atoms with Crippen LogP contribution in [0.2, 0.25) is 0 Å². The Kier molecular flexibility index (Phi) is 4.86. The van der Waals surface area contributed by atoms with Crippen molar-refractivity contribution >= 4 is 5.78 Å². The molecule has 27 heavy (non-hydrogen) atoms. The lowest BCUT2D eigenvalue weighted by molar-refractivity contribution is 0.0965. The lowest BCUT2D eigenvalue weighted by Gasteiger charge is -2.11. The van der Waals surface area contributed by atoms with Gasteiger partial charge in [-0.3, -0.25) is 9.48 Å². The molecule has 0 unspecified atom stereocenters. The number of aromatic nitrogens is 2. The lowest BCUT2D eigenvalue weighted by Crippen LogP contribution is -2.14. The summed E-state index contributed by atoms with van der Waals surface area (Å²) in [6.45, 7) is 4.18. The van der Waals surface area contributed by atoms with Crippen LogP contribution in [-0.2, 0) is 0 Å². The monoisotopic (exact) mass is 361 g/mol. The highest BCUT2D eigenvalue weighted by Gasteiger charge is 2.35. The summed E-state index contributed by atoms with van der Waals surface area (Å²) in [5.74, 6) is 1.56. The summed E-state index contributed by atoms with van der Waals surface area (Å²) in [6, 6.07) is 9.89. The first kappa shape index (κ1) is 18.0. The van der Waals surface area contributed by atoms with Gasteiger partial charge in [0.05, 0.1) is 17.3 Å². The van der Waals surface area contributed by atoms with Gasteiger partial charge in [-0.15, -0.1) is 0 Å². The van der Waals surface area contributed by atoms with Gasteiger partial charge in [-0.25, -0.2) is 0 Å². The van der Waals surface area contributed by atoms with Crippen LogP contribution in [0.25, 0.3) is 11.3 Å². The van der Waals surface area contributed by atoms with Gasteiger partial charge in [-0.1, -0.05) is 31.4 Å². The van der Waals surface area contributed by atoms with E-state index in [1.165, 1.54) is 19.3 Å². The van der Waals surface area contributed by atoms with Gasteiger partial charge in [0.25, 0.3) is 0 Å². The number of carbonyl (C=O) groups excluding carboxylic acids is 1. The minimum Gasteiger partial charge on any atom is -0.292 e. The second-order valence-electron chi connectivity index (χ2n) is 8.37. The van der Waals surface area contributed by atoms with Gasteiger partial charge in [0, 0.05) is 23.6 Å². The number of ketones is 1. The summed E-state index contributed by atoms with van der Waals surface area (Å²) in [5.41, 5.74) is 4.56. The van der Waals surface area contributed by atoms with Gasteiger partial charge in [0.1, 0.15) is 5.69 Å². The lowest BCUT2D eigenvalue weighted by atomic mass is 9.97. The van der Waals surface area contributed by atoms with Gasteiger partial charge in [-0.2, -0.15) is 10.4 Å². The summed E-state index contributed by atoms with van der Waals surface area (Å²) in [7, 11) is 0. The van der Waals surface area contributed by atoms with Crippen LogP contribution in [0.3, 0.4) is 0 Å². The number of nitriles is 1. The largest absolute Gasteiger partial charge is 0.292 e. The molecule has 0 saturated heterocycles. The highest BCUT2D eigenvalue weighted by molar-refractivity contribution is 5.98. The summed E-state index contributed by atoms with van der Waals surface area (Å²) in [5, 5.41) is 13.9. The van der Waals surface area contributed by atoms with Crippen molar-refractivity contribution in [2.75, 3.05) is 0 Å². The first-order valence-electron chi connectivity index (χ1n) is 10.2. The van der Waals surface area contributed by atoms with E-state index in [0.717, 1.165) is 47.7 Å². The molecule has 0 radical (unpaired) electrons. The van der Waals surface area contributed by atoms with E-state index in [1.807, 2.05) is 28.9 Å². The van der Waals surface area contributed by atoms with Crippen LogP contribution < -0.4 is 0 Å². The van der Waals surface area contributed by atoms with Crippen LogP contribution in [0, 0.1) is 17.2 Å². The average molecular weight is 361 g/mol. The Morgan fingerprint density at radius 2 is 1.93 bits per heavy atom. The molecule has 2 aliphatic carbocycles. The molecule has 1 aromatic heterocycles. The van der Waals surface area contributed by atoms with Gasteiger partial charge in [-0.05, 0) is 57.1 Å². The Morgan fingerprint density at radius 3 is 2.48 bits per heavy atom. The van der Waals surface area contributed by atoms with Gasteiger partial charge in [0.2, 0.25) is 0 Å². The summed E-state index contributed by atoms with van der Waals surface area (Å²) in [6.07, 6.45) is 7.75. The molecule has 2 fully saturated rings. The van der Waals surface area contributed by atoms with E-state index in [9.17, 15) is 4.79 Å². The third-order valence-corrected chi connectivity index (χ3v) is 5.69. The molecule has 0 N–H and O–H groups in total. The standard InChI is InChI=1S/C23H27N3O/c1-15(2)26-23(20(27)5-3-4-16-6-7-16)21(18-12-13-18)22(25-26)19-10-8-17(14-24)9-11-19/h8-11,15-16,18H,3-7,12-13H2,1-2H3. The fraction of sp³-hybridized carbons (Fsp3) is 0.522. The molecule has 1 heterocycles. The molecule has 4 heteroatoms. The summed E-state index contributed by atoms with van der Waals surface area (Å²) >= 11 is 0. The number of nitrogens with zero attached hydrogens (tertiary/aromatic N) is 3. The Labute approximate surface area is 161 Å². The van der Waals surface area contributed by atoms with Gasteiger partial charge >= 0.3 is 0 Å². The van der Waals surface area contributed by atoms with Crippen molar-refractivity contribution in [1.82, 2.24) is 9.78 Å². The highest BCUT2D eigenvalue weighted by atomic mass is 16.1. The van der Waals surface area contributed by atoms with E-state index in [2.05, 4.69) is 19.9 Å². The van der Waals surface area contributed by atoms with Crippen LogP contribution in [0.15, 0.2) is 24.3 Å². The predicted molar refractivity (Wildman–Crippen MR) is 106 cm³/mol. The maximum absolute atomic E-state index is 13.2. The molecule has 140 valence electrons. The maximum atomic E-state index is 13.2. The summed E-state index contributed by atoms with van der Waals surface area (Å²) in [4.78, 5) is 13.2. The van der Waals surface area contributed by atoms with E-state index in [1.54, 1.807) is 0 Å². The number of rotatable bonds is 8. The van der Waals surface area contributed by atoms with E-state index in [0.29, 0.717) is 17.9 Å². The van der Waals surface area contributed by atoms with E-state index in [-0.39, 0.29) is 11.8 Å². The molecule has 0 bridgehead atoms. The fourth-order valence-electron chi connectivity index (χ4n) is 3.85. The van der Waals surface area contributed by atoms with Crippen LogP contribution in [0.1, 0.15) is 92.4 Å². The minimum absolute atomic E-state index is 0.150. The van der Waals surface area contributed by atoms with Crippen molar-refractivity contribution in [3.05, 3.63) is 41.1 Å². The molecule has 2 aliphatic rings. The molecule has 0 aliphatic heterocycles. The molecular weight excluding hydrogens is 334 g/mol. The van der Waals surface area contributed by atoms with Crippen LogP contribution >= 0.6 is 0 Å². The number of benzene rings is 1. The molecule has 0 amide bonds. The zero-order valence-corrected chi connectivity index (χ0v) is 16.2. The predicted octanol–water partition coefficient (Wildman–Crippen LogP) is 5.64. The smallest absolute Gasteiger partial charge is 0.181 e. The number of hydrogen-bond acceptors (Lipinski definition) is 3. The van der Waals surface area contributed by atoms with E-state index >= 15 is 0 Å². The topological polar surface area (TPSA) is 58.7 Å². The second kappa shape index (κ2) is 7.31. The van der Waals surface area contributed by atoms with Gasteiger partial charge in [0.15, 0.2) is 5.78 Å². The van der Waals surface area contributed by atoms with Crippen molar-refractivity contribution in [2.45, 2.75) is 70.8 Å². The summed E-state index contributed by atoms with van der Waals surface area (Å²) < 4.78 is 1.95. The van der Waals surface area contributed by atoms with Crippen molar-refractivity contribution < 1.29 is 4.79 Å². The highest BCUT2D eigenvalue weighted by Crippen LogP contribution is 2.47. The first-order chi connectivity index (χ1) is 13.1. The number of hydrogen-bond donors (Lipinski definition) is 0. The SMILES string of the molecule is CC(C)n1nc(-c2ccc(C#N)cc2)c(C2CC2)c1C(=O)CCCC1CC1. The molecule has 0 spiro atoms. The van der Waals surface area contributed by atoms with Crippen LogP contribution in [0.4, 0.5) is 0 Å². The Hall–Kier alpha value is -2.41. The van der Waals surface area contributed by atoms with Crippen molar-refractivity contribution in [1.29, 1.82) is 5.26 Å². The first-order valence-corrected chi connectivity index (χ1v) is 10.2. The Bertz CT molecular complexity index is 878. The van der Waals surface area contributed by atoms with Gasteiger partial charge < -0.3 is 0 Å². The maximum Gasteiger partial charge on any atom is 0.181 e. The fourth-order valence-corrected chi connectivity index (χ4v) is 3.85. The molecule has 1 aromatic carbocycles. The Morgan fingerprint density at radius 1 is 1.22 bits per heavy atom. The third-order valence-electron chi connectivity index (χ3n) is 5.69. The molecule has 2 aromatic rings. The molecular formula is C23H27N3O. The quantitative estimate of drug-likeness (QED) is 0.571. The van der Waals surface area contributed by atoms with Crippen molar-refractivity contribution in [3.8, 4) is 17.3 Å². The molecule has 4 rings (SSSR count). The van der Waals surface area contributed by atoms with Crippen molar-refractivity contribution in [2.24, 2.45) is 5.92 Å². The number of carbonyl (C=O) groups is 1. The molecule has 2 saturated carbocycles. The normalized spacial score (nSPS) is 16.5. The minimum atomic E-state index is 0.150. The Balaban J connectivity index is 1.70.